The van der Waals surface area contributed by atoms with Gasteiger partial charge < -0.3 is 15.0 Å². The standard InChI is InChI=1S/C25H23N5O3/c1-16-23(28-25-26-10-5-11-29(16)25)17-6-3-7-19(12-17)27-24(32)18-13-22(31)30(15-18)20-8-4-9-21(14-20)33-2/h3-12,14,18H,13,15H2,1-2H3,(H,27,32)/t18-/m0/s1. The molecule has 5 rings (SSSR count). The molecule has 2 aromatic heterocycles. The molecular formula is C25H23N5O3. The van der Waals surface area contributed by atoms with E-state index in [1.165, 1.54) is 0 Å². The highest BCUT2D eigenvalue weighted by atomic mass is 16.5. The number of anilines is 2. The van der Waals surface area contributed by atoms with Crippen molar-refractivity contribution in [2.45, 2.75) is 13.3 Å². The van der Waals surface area contributed by atoms with Gasteiger partial charge in [-0.25, -0.2) is 9.97 Å². The Balaban J connectivity index is 1.33. The molecule has 0 unspecified atom stereocenters. The lowest BCUT2D eigenvalue weighted by Gasteiger charge is -2.17. The Morgan fingerprint density at radius 1 is 1.15 bits per heavy atom. The molecule has 1 fully saturated rings. The normalized spacial score (nSPS) is 15.8. The van der Waals surface area contributed by atoms with Crippen LogP contribution in [0.15, 0.2) is 67.0 Å². The Morgan fingerprint density at radius 3 is 2.82 bits per heavy atom. The summed E-state index contributed by atoms with van der Waals surface area (Å²) in [5, 5.41) is 2.97. The first-order chi connectivity index (χ1) is 16.0. The van der Waals surface area contributed by atoms with E-state index in [0.717, 1.165) is 22.6 Å². The van der Waals surface area contributed by atoms with Crippen LogP contribution in [0.25, 0.3) is 17.0 Å². The number of hydrogen-bond acceptors (Lipinski definition) is 5. The number of methoxy groups -OCH3 is 1. The summed E-state index contributed by atoms with van der Waals surface area (Å²) in [6.07, 6.45) is 3.80. The molecule has 1 saturated heterocycles. The molecule has 8 heteroatoms. The topological polar surface area (TPSA) is 88.8 Å². The van der Waals surface area contributed by atoms with Crippen molar-refractivity contribution in [1.29, 1.82) is 0 Å². The van der Waals surface area contributed by atoms with Crippen LogP contribution in [0.5, 0.6) is 5.75 Å². The van der Waals surface area contributed by atoms with E-state index in [-0.39, 0.29) is 18.2 Å². The van der Waals surface area contributed by atoms with E-state index < -0.39 is 5.92 Å². The van der Waals surface area contributed by atoms with Crippen molar-refractivity contribution in [3.8, 4) is 17.0 Å². The number of hydrogen-bond donors (Lipinski definition) is 1. The number of nitrogens with zero attached hydrogens (tertiary/aromatic N) is 4. The molecule has 0 spiro atoms. The van der Waals surface area contributed by atoms with Gasteiger partial charge >= 0.3 is 0 Å². The fourth-order valence-electron chi connectivity index (χ4n) is 4.18. The van der Waals surface area contributed by atoms with Gasteiger partial charge in [-0.05, 0) is 37.3 Å². The van der Waals surface area contributed by atoms with Crippen molar-refractivity contribution >= 4 is 29.0 Å². The first-order valence-electron chi connectivity index (χ1n) is 10.7. The molecule has 1 N–H and O–H groups in total. The summed E-state index contributed by atoms with van der Waals surface area (Å²) in [5.74, 6) is 0.599. The number of aromatic nitrogens is 3. The third kappa shape index (κ3) is 3.91. The molecule has 2 aromatic carbocycles. The van der Waals surface area contributed by atoms with Gasteiger partial charge in [0.2, 0.25) is 17.6 Å². The van der Waals surface area contributed by atoms with E-state index in [9.17, 15) is 9.59 Å². The molecule has 2 amide bonds. The zero-order valence-electron chi connectivity index (χ0n) is 18.4. The first-order valence-corrected chi connectivity index (χ1v) is 10.7. The van der Waals surface area contributed by atoms with Crippen LogP contribution in [0.2, 0.25) is 0 Å². The molecule has 0 saturated carbocycles. The molecule has 1 aliphatic heterocycles. The average Bonchev–Trinajstić information content (AvgIpc) is 3.40. The van der Waals surface area contributed by atoms with Crippen LogP contribution in [-0.4, -0.2) is 39.8 Å². The summed E-state index contributed by atoms with van der Waals surface area (Å²) in [6, 6.07) is 16.7. The summed E-state index contributed by atoms with van der Waals surface area (Å²) in [6.45, 7) is 2.31. The minimum atomic E-state index is -0.437. The molecule has 166 valence electrons. The SMILES string of the molecule is COc1cccc(N2C[C@@H](C(=O)Nc3cccc(-c4nc5ncccn5c4C)c3)CC2=O)c1. The largest absolute Gasteiger partial charge is 0.497 e. The highest BCUT2D eigenvalue weighted by Crippen LogP contribution is 2.30. The Bertz CT molecular complexity index is 1360. The number of nitrogens with one attached hydrogen (secondary N) is 1. The van der Waals surface area contributed by atoms with Crippen molar-refractivity contribution in [3.63, 3.8) is 0 Å². The van der Waals surface area contributed by atoms with Gasteiger partial charge in [0.25, 0.3) is 0 Å². The Kier molecular flexibility index (Phi) is 5.26. The van der Waals surface area contributed by atoms with E-state index in [2.05, 4.69) is 15.3 Å². The van der Waals surface area contributed by atoms with Crippen molar-refractivity contribution < 1.29 is 14.3 Å². The van der Waals surface area contributed by atoms with Crippen LogP contribution in [0.4, 0.5) is 11.4 Å². The highest BCUT2D eigenvalue weighted by Gasteiger charge is 2.35. The zero-order chi connectivity index (χ0) is 22.9. The zero-order valence-corrected chi connectivity index (χ0v) is 18.4. The lowest BCUT2D eigenvalue weighted by Crippen LogP contribution is -2.28. The second-order valence-corrected chi connectivity index (χ2v) is 8.01. The van der Waals surface area contributed by atoms with Crippen LogP contribution < -0.4 is 15.0 Å². The maximum atomic E-state index is 13.0. The van der Waals surface area contributed by atoms with Gasteiger partial charge in [0, 0.05) is 54.1 Å². The van der Waals surface area contributed by atoms with Crippen molar-refractivity contribution in [2.75, 3.05) is 23.9 Å². The quantitative estimate of drug-likeness (QED) is 0.510. The van der Waals surface area contributed by atoms with Crippen molar-refractivity contribution in [3.05, 3.63) is 72.7 Å². The Hall–Kier alpha value is -4.20. The lowest BCUT2D eigenvalue weighted by molar-refractivity contribution is -0.122. The molecule has 0 radical (unpaired) electrons. The Morgan fingerprint density at radius 2 is 2.00 bits per heavy atom. The Labute approximate surface area is 190 Å². The van der Waals surface area contributed by atoms with Gasteiger partial charge in [-0.1, -0.05) is 18.2 Å². The monoisotopic (exact) mass is 441 g/mol. The van der Waals surface area contributed by atoms with Gasteiger partial charge in [-0.2, -0.15) is 0 Å². The minimum Gasteiger partial charge on any atom is -0.497 e. The summed E-state index contributed by atoms with van der Waals surface area (Å²) in [7, 11) is 1.58. The summed E-state index contributed by atoms with van der Waals surface area (Å²) >= 11 is 0. The summed E-state index contributed by atoms with van der Waals surface area (Å²) < 4.78 is 7.18. The minimum absolute atomic E-state index is 0.0787. The number of imidazole rings is 1. The number of ether oxygens (including phenoxy) is 1. The molecule has 0 aliphatic carbocycles. The smallest absolute Gasteiger partial charge is 0.234 e. The summed E-state index contributed by atoms with van der Waals surface area (Å²) in [4.78, 5) is 36.1. The third-order valence-corrected chi connectivity index (χ3v) is 5.91. The van der Waals surface area contributed by atoms with Crippen LogP contribution in [0, 0.1) is 12.8 Å². The van der Waals surface area contributed by atoms with Gasteiger partial charge in [-0.15, -0.1) is 0 Å². The number of amides is 2. The maximum Gasteiger partial charge on any atom is 0.234 e. The van der Waals surface area contributed by atoms with Gasteiger partial charge in [0.05, 0.1) is 18.7 Å². The maximum absolute atomic E-state index is 13.0. The van der Waals surface area contributed by atoms with E-state index in [4.69, 9.17) is 4.74 Å². The molecule has 4 aromatic rings. The molecule has 1 aliphatic rings. The van der Waals surface area contributed by atoms with Crippen molar-refractivity contribution in [2.24, 2.45) is 5.92 Å². The number of fused-ring (bicyclic) bond motifs is 1. The molecule has 8 nitrogen and oxygen atoms in total. The van der Waals surface area contributed by atoms with Gasteiger partial charge in [-0.3, -0.25) is 14.0 Å². The fraction of sp³-hybridized carbons (Fsp3) is 0.200. The highest BCUT2D eigenvalue weighted by molar-refractivity contribution is 6.03. The number of carbonyl (C=O) groups is 2. The van der Waals surface area contributed by atoms with Crippen LogP contribution in [-0.2, 0) is 9.59 Å². The number of carbonyl (C=O) groups excluding carboxylic acids is 2. The number of rotatable bonds is 5. The fourth-order valence-corrected chi connectivity index (χ4v) is 4.18. The van der Waals surface area contributed by atoms with Crippen molar-refractivity contribution in [1.82, 2.24) is 14.4 Å². The van der Waals surface area contributed by atoms with Gasteiger partial charge in [0.1, 0.15) is 5.75 Å². The predicted molar refractivity (Wildman–Crippen MR) is 125 cm³/mol. The van der Waals surface area contributed by atoms with Crippen LogP contribution in [0.3, 0.4) is 0 Å². The summed E-state index contributed by atoms with van der Waals surface area (Å²) in [5.41, 5.74) is 4.06. The second kappa shape index (κ2) is 8.38. The van der Waals surface area contributed by atoms with Gasteiger partial charge in [0.15, 0.2) is 0 Å². The lowest BCUT2D eigenvalue weighted by atomic mass is 10.1. The number of benzene rings is 2. The molecule has 1 atom stereocenters. The second-order valence-electron chi connectivity index (χ2n) is 8.01. The van der Waals surface area contributed by atoms with Crippen LogP contribution in [0.1, 0.15) is 12.1 Å². The molecule has 0 bridgehead atoms. The van der Waals surface area contributed by atoms with E-state index >= 15 is 0 Å². The van der Waals surface area contributed by atoms with E-state index in [0.29, 0.717) is 23.8 Å². The van der Waals surface area contributed by atoms with Crippen LogP contribution >= 0.6 is 0 Å². The van der Waals surface area contributed by atoms with E-state index in [1.807, 2.05) is 66.1 Å². The van der Waals surface area contributed by atoms with E-state index in [1.54, 1.807) is 24.3 Å². The first kappa shape index (κ1) is 20.7. The number of aryl methyl sites for hydroxylation is 1. The molecule has 3 heterocycles. The molecular weight excluding hydrogens is 418 g/mol. The average molecular weight is 441 g/mol. The molecule has 33 heavy (non-hydrogen) atoms. The predicted octanol–water partition coefficient (Wildman–Crippen LogP) is 3.70. The third-order valence-electron chi connectivity index (χ3n) is 5.91.